The molecule has 1 fully saturated rings. The number of carbonyl (C=O) groups is 1. The van der Waals surface area contributed by atoms with Crippen LogP contribution in [0.1, 0.15) is 31.7 Å². The molecule has 1 aliphatic heterocycles. The fourth-order valence-corrected chi connectivity index (χ4v) is 2.90. The quantitative estimate of drug-likeness (QED) is 0.817. The summed E-state index contributed by atoms with van der Waals surface area (Å²) in [5.74, 6) is 0.372. The van der Waals surface area contributed by atoms with Gasteiger partial charge in [-0.15, -0.1) is 0 Å². The highest BCUT2D eigenvalue weighted by Crippen LogP contribution is 2.15. The normalized spacial score (nSPS) is 19.4. The van der Waals surface area contributed by atoms with Gasteiger partial charge in [0.2, 0.25) is 5.91 Å². The Labute approximate surface area is 126 Å². The second-order valence-electron chi connectivity index (χ2n) is 6.02. The van der Waals surface area contributed by atoms with Crippen molar-refractivity contribution < 1.29 is 9.18 Å². The first-order valence-electron chi connectivity index (χ1n) is 7.87. The Kier molecular flexibility index (Phi) is 6.18. The number of amides is 1. The van der Waals surface area contributed by atoms with Crippen LogP contribution in [0.5, 0.6) is 0 Å². The molecule has 0 aromatic heterocycles. The van der Waals surface area contributed by atoms with E-state index in [1.54, 1.807) is 18.2 Å². The highest BCUT2D eigenvalue weighted by atomic mass is 19.1. The van der Waals surface area contributed by atoms with E-state index >= 15 is 0 Å². The van der Waals surface area contributed by atoms with E-state index in [1.165, 1.54) is 32.0 Å². The number of carbonyl (C=O) groups excluding carboxylic acids is 1. The minimum Gasteiger partial charge on any atom is -0.356 e. The van der Waals surface area contributed by atoms with Gasteiger partial charge in [-0.25, -0.2) is 4.39 Å². The molecule has 1 atom stereocenters. The van der Waals surface area contributed by atoms with E-state index in [0.29, 0.717) is 12.1 Å². The van der Waals surface area contributed by atoms with Gasteiger partial charge in [-0.05, 0) is 49.9 Å². The van der Waals surface area contributed by atoms with Crippen LogP contribution in [0.2, 0.25) is 0 Å². The van der Waals surface area contributed by atoms with E-state index in [9.17, 15) is 9.18 Å². The van der Waals surface area contributed by atoms with Crippen LogP contribution in [-0.2, 0) is 11.2 Å². The second kappa shape index (κ2) is 8.13. The minimum absolute atomic E-state index is 0.105. The number of nitrogens with one attached hydrogen (secondary N) is 1. The average molecular weight is 292 g/mol. The highest BCUT2D eigenvalue weighted by molar-refractivity contribution is 5.78. The highest BCUT2D eigenvalue weighted by Gasteiger charge is 2.15. The number of likely N-dealkylation sites (tertiary alicyclic amines) is 1. The molecule has 0 saturated carbocycles. The number of nitrogens with zero attached hydrogens (tertiary/aromatic N) is 1. The van der Waals surface area contributed by atoms with Crippen LogP contribution >= 0.6 is 0 Å². The molecule has 0 aliphatic carbocycles. The van der Waals surface area contributed by atoms with Gasteiger partial charge >= 0.3 is 0 Å². The van der Waals surface area contributed by atoms with Gasteiger partial charge in [0.25, 0.3) is 0 Å². The summed E-state index contributed by atoms with van der Waals surface area (Å²) in [6.45, 7) is 6.33. The van der Waals surface area contributed by atoms with Crippen molar-refractivity contribution in [1.29, 1.82) is 0 Å². The maximum Gasteiger partial charge on any atom is 0.224 e. The molecule has 1 aromatic carbocycles. The number of hydrogen-bond donors (Lipinski definition) is 1. The molecule has 21 heavy (non-hydrogen) atoms. The van der Waals surface area contributed by atoms with Gasteiger partial charge in [0, 0.05) is 13.1 Å². The molecule has 0 unspecified atom stereocenters. The molecule has 1 saturated heterocycles. The monoisotopic (exact) mass is 292 g/mol. The second-order valence-corrected chi connectivity index (χ2v) is 6.02. The zero-order valence-corrected chi connectivity index (χ0v) is 12.8. The molecule has 0 spiro atoms. The first-order chi connectivity index (χ1) is 10.1. The smallest absolute Gasteiger partial charge is 0.224 e. The van der Waals surface area contributed by atoms with Gasteiger partial charge in [-0.3, -0.25) is 4.79 Å². The van der Waals surface area contributed by atoms with Crippen molar-refractivity contribution in [2.24, 2.45) is 5.92 Å². The Bertz CT molecular complexity index is 464. The zero-order valence-electron chi connectivity index (χ0n) is 12.8. The number of halogens is 1. The lowest BCUT2D eigenvalue weighted by Gasteiger charge is -2.30. The van der Waals surface area contributed by atoms with Crippen molar-refractivity contribution in [3.63, 3.8) is 0 Å². The predicted molar refractivity (Wildman–Crippen MR) is 82.6 cm³/mol. The fourth-order valence-electron chi connectivity index (χ4n) is 2.90. The van der Waals surface area contributed by atoms with Gasteiger partial charge < -0.3 is 10.2 Å². The van der Waals surface area contributed by atoms with E-state index in [-0.39, 0.29) is 18.1 Å². The van der Waals surface area contributed by atoms with Crippen LogP contribution in [-0.4, -0.2) is 37.0 Å². The molecule has 0 radical (unpaired) electrons. The summed E-state index contributed by atoms with van der Waals surface area (Å²) >= 11 is 0. The lowest BCUT2D eigenvalue weighted by molar-refractivity contribution is -0.120. The van der Waals surface area contributed by atoms with Crippen molar-refractivity contribution in [2.45, 2.75) is 32.6 Å². The Morgan fingerprint density at radius 1 is 1.43 bits per heavy atom. The standard InChI is InChI=1S/C17H25FN2O/c1-14-6-4-10-20(13-14)11-5-9-19-17(21)12-15-7-2-3-8-16(15)18/h2-3,7-8,14H,4-6,9-13H2,1H3,(H,19,21)/t14-/m1/s1. The molecule has 1 aliphatic rings. The maximum absolute atomic E-state index is 13.4. The average Bonchev–Trinajstić information content (AvgIpc) is 2.46. The third-order valence-electron chi connectivity index (χ3n) is 4.02. The van der Waals surface area contributed by atoms with Crippen molar-refractivity contribution in [3.8, 4) is 0 Å². The molecule has 4 heteroatoms. The van der Waals surface area contributed by atoms with E-state index in [0.717, 1.165) is 18.9 Å². The lowest BCUT2D eigenvalue weighted by atomic mass is 10.0. The van der Waals surface area contributed by atoms with E-state index in [2.05, 4.69) is 17.1 Å². The summed E-state index contributed by atoms with van der Waals surface area (Å²) in [6.07, 6.45) is 3.68. The van der Waals surface area contributed by atoms with Crippen molar-refractivity contribution in [2.75, 3.05) is 26.2 Å². The minimum atomic E-state index is -0.310. The third kappa shape index (κ3) is 5.46. The predicted octanol–water partition coefficient (Wildman–Crippen LogP) is 2.61. The van der Waals surface area contributed by atoms with Gasteiger partial charge in [0.1, 0.15) is 5.82 Å². The summed E-state index contributed by atoms with van der Waals surface area (Å²) in [7, 11) is 0. The third-order valence-corrected chi connectivity index (χ3v) is 4.02. The van der Waals surface area contributed by atoms with Gasteiger partial charge in [-0.1, -0.05) is 25.1 Å². The first-order valence-corrected chi connectivity index (χ1v) is 7.87. The fraction of sp³-hybridized carbons (Fsp3) is 0.588. The lowest BCUT2D eigenvalue weighted by Crippen LogP contribution is -2.36. The number of hydrogen-bond acceptors (Lipinski definition) is 2. The summed E-state index contributed by atoms with van der Waals surface area (Å²) < 4.78 is 13.4. The molecule has 1 amide bonds. The number of piperidine rings is 1. The van der Waals surface area contributed by atoms with Crippen LogP contribution in [0, 0.1) is 11.7 Å². The Morgan fingerprint density at radius 3 is 3.00 bits per heavy atom. The summed E-state index contributed by atoms with van der Waals surface area (Å²) in [6, 6.07) is 6.43. The van der Waals surface area contributed by atoms with Crippen molar-refractivity contribution in [1.82, 2.24) is 10.2 Å². The van der Waals surface area contributed by atoms with E-state index < -0.39 is 0 Å². The Balaban J connectivity index is 1.62. The van der Waals surface area contributed by atoms with Crippen LogP contribution in [0.25, 0.3) is 0 Å². The maximum atomic E-state index is 13.4. The Hall–Kier alpha value is -1.42. The van der Waals surface area contributed by atoms with Crippen molar-refractivity contribution >= 4 is 5.91 Å². The summed E-state index contributed by atoms with van der Waals surface area (Å²) in [4.78, 5) is 14.2. The van der Waals surface area contributed by atoms with Crippen molar-refractivity contribution in [3.05, 3.63) is 35.6 Å². The van der Waals surface area contributed by atoms with Gasteiger partial charge in [0.05, 0.1) is 6.42 Å². The molecule has 1 aromatic rings. The zero-order chi connectivity index (χ0) is 15.1. The van der Waals surface area contributed by atoms with Crippen LogP contribution < -0.4 is 5.32 Å². The van der Waals surface area contributed by atoms with E-state index in [1.807, 2.05) is 0 Å². The topological polar surface area (TPSA) is 32.3 Å². The molecular weight excluding hydrogens is 267 g/mol. The van der Waals surface area contributed by atoms with Crippen LogP contribution in [0.15, 0.2) is 24.3 Å². The van der Waals surface area contributed by atoms with Crippen LogP contribution in [0.3, 0.4) is 0 Å². The summed E-state index contributed by atoms with van der Waals surface area (Å²) in [5, 5.41) is 2.88. The molecule has 116 valence electrons. The van der Waals surface area contributed by atoms with Gasteiger partial charge in [-0.2, -0.15) is 0 Å². The number of rotatable bonds is 6. The molecule has 0 bridgehead atoms. The molecule has 2 rings (SSSR count). The molecule has 1 heterocycles. The summed E-state index contributed by atoms with van der Waals surface area (Å²) in [5.41, 5.74) is 0.458. The van der Waals surface area contributed by atoms with Gasteiger partial charge in [0.15, 0.2) is 0 Å². The molecule has 3 nitrogen and oxygen atoms in total. The number of benzene rings is 1. The van der Waals surface area contributed by atoms with E-state index in [4.69, 9.17) is 0 Å². The Morgan fingerprint density at radius 2 is 2.24 bits per heavy atom. The molecule has 1 N–H and O–H groups in total. The molecular formula is C17H25FN2O. The largest absolute Gasteiger partial charge is 0.356 e. The van der Waals surface area contributed by atoms with Crippen LogP contribution in [0.4, 0.5) is 4.39 Å². The SMILES string of the molecule is C[C@@H]1CCCN(CCCNC(=O)Cc2ccccc2F)C1. The first kappa shape index (κ1) is 16.0.